The van der Waals surface area contributed by atoms with Crippen molar-refractivity contribution < 1.29 is 18.7 Å². The number of esters is 1. The topological polar surface area (TPSA) is 61.9 Å². The fourth-order valence-electron chi connectivity index (χ4n) is 2.83. The van der Waals surface area contributed by atoms with Gasteiger partial charge in [0.15, 0.2) is 0 Å². The Morgan fingerprint density at radius 3 is 2.15 bits per heavy atom. The van der Waals surface area contributed by atoms with Crippen LogP contribution in [0, 0.1) is 5.82 Å². The average Bonchev–Trinajstić information content (AvgIpc) is 2.68. The lowest BCUT2D eigenvalue weighted by Crippen LogP contribution is -2.50. The van der Waals surface area contributed by atoms with Crippen LogP contribution in [0.5, 0.6) is 0 Å². The second-order valence-corrected chi connectivity index (χ2v) is 5.95. The molecule has 1 aliphatic heterocycles. The predicted octanol–water partition coefficient (Wildman–Crippen LogP) is 2.97. The summed E-state index contributed by atoms with van der Waals surface area (Å²) >= 11 is 0. The summed E-state index contributed by atoms with van der Waals surface area (Å²) in [6.45, 7) is 2.51. The fourth-order valence-corrected chi connectivity index (χ4v) is 2.83. The summed E-state index contributed by atoms with van der Waals surface area (Å²) in [5.41, 5.74) is 1.99. The minimum atomic E-state index is -0.417. The molecule has 136 valence electrons. The third-order valence-corrected chi connectivity index (χ3v) is 4.32. The van der Waals surface area contributed by atoms with E-state index in [0.29, 0.717) is 37.4 Å². The number of urea groups is 1. The van der Waals surface area contributed by atoms with Crippen LogP contribution in [0.3, 0.4) is 0 Å². The number of amides is 2. The molecule has 1 heterocycles. The number of nitrogens with one attached hydrogen (secondary N) is 1. The number of benzene rings is 2. The normalized spacial score (nSPS) is 14.1. The second kappa shape index (κ2) is 7.86. The number of ether oxygens (including phenoxy) is 1. The van der Waals surface area contributed by atoms with Crippen molar-refractivity contribution in [3.8, 4) is 0 Å². The van der Waals surface area contributed by atoms with Gasteiger partial charge in [-0.1, -0.05) is 0 Å². The molecule has 6 nitrogen and oxygen atoms in total. The van der Waals surface area contributed by atoms with E-state index in [0.717, 1.165) is 5.69 Å². The maximum Gasteiger partial charge on any atom is 0.337 e. The third kappa shape index (κ3) is 4.11. The van der Waals surface area contributed by atoms with E-state index in [-0.39, 0.29) is 11.8 Å². The number of rotatable bonds is 3. The molecule has 2 amide bonds. The number of carbonyl (C=O) groups excluding carboxylic acids is 2. The van der Waals surface area contributed by atoms with E-state index in [9.17, 15) is 14.0 Å². The summed E-state index contributed by atoms with van der Waals surface area (Å²) in [4.78, 5) is 27.7. The number of halogens is 1. The summed E-state index contributed by atoms with van der Waals surface area (Å²) < 4.78 is 17.7. The van der Waals surface area contributed by atoms with Crippen molar-refractivity contribution >= 4 is 23.4 Å². The summed E-state index contributed by atoms with van der Waals surface area (Å²) in [5, 5.41) is 2.82. The summed E-state index contributed by atoms with van der Waals surface area (Å²) in [6, 6.07) is 12.7. The number of hydrogen-bond acceptors (Lipinski definition) is 4. The van der Waals surface area contributed by atoms with Gasteiger partial charge in [0.2, 0.25) is 0 Å². The van der Waals surface area contributed by atoms with Crippen molar-refractivity contribution in [2.75, 3.05) is 43.5 Å². The Hall–Kier alpha value is -3.09. The van der Waals surface area contributed by atoms with Gasteiger partial charge in [-0.15, -0.1) is 0 Å². The van der Waals surface area contributed by atoms with Crippen LogP contribution in [0.25, 0.3) is 0 Å². The summed E-state index contributed by atoms with van der Waals surface area (Å²) in [6.07, 6.45) is 0. The van der Waals surface area contributed by atoms with Gasteiger partial charge < -0.3 is 19.9 Å². The molecular formula is C19H20FN3O3. The zero-order chi connectivity index (χ0) is 18.5. The molecule has 7 heteroatoms. The van der Waals surface area contributed by atoms with E-state index in [1.807, 2.05) is 0 Å². The first-order chi connectivity index (χ1) is 12.6. The van der Waals surface area contributed by atoms with Crippen molar-refractivity contribution in [2.24, 2.45) is 0 Å². The first-order valence-electron chi connectivity index (χ1n) is 8.31. The van der Waals surface area contributed by atoms with Gasteiger partial charge in [-0.3, -0.25) is 0 Å². The maximum atomic E-state index is 13.0. The largest absolute Gasteiger partial charge is 0.465 e. The molecule has 0 aromatic heterocycles. The molecule has 1 saturated heterocycles. The molecule has 2 aromatic carbocycles. The lowest BCUT2D eigenvalue weighted by Gasteiger charge is -2.36. The molecule has 2 aromatic rings. The summed E-state index contributed by atoms with van der Waals surface area (Å²) in [7, 11) is 1.32. The Bertz CT molecular complexity index is 770. The van der Waals surface area contributed by atoms with Gasteiger partial charge >= 0.3 is 12.0 Å². The van der Waals surface area contributed by atoms with Gasteiger partial charge in [-0.05, 0) is 48.5 Å². The van der Waals surface area contributed by atoms with E-state index in [1.54, 1.807) is 41.3 Å². The van der Waals surface area contributed by atoms with Crippen LogP contribution < -0.4 is 10.2 Å². The molecule has 0 atom stereocenters. The minimum absolute atomic E-state index is 0.186. The minimum Gasteiger partial charge on any atom is -0.465 e. The van der Waals surface area contributed by atoms with Crippen molar-refractivity contribution in [1.29, 1.82) is 0 Å². The van der Waals surface area contributed by atoms with Crippen LogP contribution in [0.1, 0.15) is 10.4 Å². The molecule has 0 radical (unpaired) electrons. The highest BCUT2D eigenvalue weighted by atomic mass is 19.1. The van der Waals surface area contributed by atoms with Crippen molar-refractivity contribution in [3.05, 3.63) is 59.9 Å². The van der Waals surface area contributed by atoms with Gasteiger partial charge in [0.1, 0.15) is 5.82 Å². The van der Waals surface area contributed by atoms with Gasteiger partial charge in [-0.2, -0.15) is 0 Å². The van der Waals surface area contributed by atoms with E-state index in [1.165, 1.54) is 19.2 Å². The second-order valence-electron chi connectivity index (χ2n) is 5.95. The van der Waals surface area contributed by atoms with Crippen LogP contribution in [0.15, 0.2) is 48.5 Å². The van der Waals surface area contributed by atoms with Crippen LogP contribution in [-0.4, -0.2) is 50.2 Å². The van der Waals surface area contributed by atoms with Gasteiger partial charge in [-0.25, -0.2) is 14.0 Å². The molecule has 0 unspecified atom stereocenters. The highest BCUT2D eigenvalue weighted by Gasteiger charge is 2.21. The number of methoxy groups -OCH3 is 1. The Morgan fingerprint density at radius 2 is 1.58 bits per heavy atom. The Balaban J connectivity index is 1.53. The number of nitrogens with zero attached hydrogens (tertiary/aromatic N) is 2. The molecule has 1 aliphatic rings. The van der Waals surface area contributed by atoms with Crippen molar-refractivity contribution in [1.82, 2.24) is 4.90 Å². The Labute approximate surface area is 151 Å². The van der Waals surface area contributed by atoms with Crippen LogP contribution >= 0.6 is 0 Å². The van der Waals surface area contributed by atoms with Crippen molar-refractivity contribution in [3.63, 3.8) is 0 Å². The first kappa shape index (κ1) is 17.7. The van der Waals surface area contributed by atoms with E-state index < -0.39 is 5.97 Å². The smallest absolute Gasteiger partial charge is 0.337 e. The highest BCUT2D eigenvalue weighted by molar-refractivity contribution is 5.92. The predicted molar refractivity (Wildman–Crippen MR) is 97.0 cm³/mol. The number of piperazine rings is 1. The maximum absolute atomic E-state index is 13.0. The molecule has 3 rings (SSSR count). The number of anilines is 2. The molecular weight excluding hydrogens is 337 g/mol. The van der Waals surface area contributed by atoms with E-state index >= 15 is 0 Å². The zero-order valence-electron chi connectivity index (χ0n) is 14.4. The van der Waals surface area contributed by atoms with E-state index in [2.05, 4.69) is 15.0 Å². The Morgan fingerprint density at radius 1 is 0.962 bits per heavy atom. The van der Waals surface area contributed by atoms with Gasteiger partial charge in [0, 0.05) is 37.6 Å². The molecule has 1 fully saturated rings. The van der Waals surface area contributed by atoms with Crippen molar-refractivity contribution in [2.45, 2.75) is 0 Å². The van der Waals surface area contributed by atoms with Crippen LogP contribution in [0.2, 0.25) is 0 Å². The third-order valence-electron chi connectivity index (χ3n) is 4.32. The van der Waals surface area contributed by atoms with Crippen LogP contribution in [-0.2, 0) is 4.74 Å². The summed E-state index contributed by atoms with van der Waals surface area (Å²) in [5.74, 6) is -0.676. The molecule has 0 bridgehead atoms. The average molecular weight is 357 g/mol. The quantitative estimate of drug-likeness (QED) is 0.858. The molecule has 1 N–H and O–H groups in total. The molecule has 26 heavy (non-hydrogen) atoms. The lowest BCUT2D eigenvalue weighted by molar-refractivity contribution is 0.0600. The molecule has 0 spiro atoms. The first-order valence-corrected chi connectivity index (χ1v) is 8.31. The highest BCUT2D eigenvalue weighted by Crippen LogP contribution is 2.18. The zero-order valence-corrected chi connectivity index (χ0v) is 14.4. The van der Waals surface area contributed by atoms with Crippen LogP contribution in [0.4, 0.5) is 20.6 Å². The fraction of sp³-hybridized carbons (Fsp3) is 0.263. The molecule has 0 aliphatic carbocycles. The number of carbonyl (C=O) groups is 2. The molecule has 0 saturated carbocycles. The van der Waals surface area contributed by atoms with Gasteiger partial charge in [0.05, 0.1) is 12.7 Å². The Kier molecular flexibility index (Phi) is 5.36. The lowest BCUT2D eigenvalue weighted by atomic mass is 10.2. The SMILES string of the molecule is COC(=O)c1ccc(NC(=O)N2CCN(c3ccc(F)cc3)CC2)cc1. The monoisotopic (exact) mass is 357 g/mol. The van der Waals surface area contributed by atoms with E-state index in [4.69, 9.17) is 0 Å². The number of hydrogen-bond donors (Lipinski definition) is 1. The standard InChI is InChI=1S/C19H20FN3O3/c1-26-18(24)14-2-6-16(7-3-14)21-19(25)23-12-10-22(11-13-23)17-8-4-15(20)5-9-17/h2-9H,10-13H2,1H3,(H,21,25). The van der Waals surface area contributed by atoms with Gasteiger partial charge in [0.25, 0.3) is 0 Å².